The van der Waals surface area contributed by atoms with Crippen LogP contribution in [0.15, 0.2) is 18.2 Å². The highest BCUT2D eigenvalue weighted by molar-refractivity contribution is 6.03. The number of hydrogen-bond donors (Lipinski definition) is 2. The first-order valence-electron chi connectivity index (χ1n) is 5.00. The molecule has 1 aromatic carbocycles. The molecule has 0 radical (unpaired) electrons. The molecule has 0 saturated heterocycles. The molecule has 0 atom stereocenters. The van der Waals surface area contributed by atoms with Crippen molar-refractivity contribution in [1.29, 1.82) is 0 Å². The van der Waals surface area contributed by atoms with Crippen molar-refractivity contribution in [2.45, 2.75) is 19.5 Å². The predicted molar refractivity (Wildman–Crippen MR) is 57.5 cm³/mol. The molecule has 0 aliphatic rings. The maximum atomic E-state index is 12.1. The van der Waals surface area contributed by atoms with Crippen LogP contribution < -0.4 is 5.32 Å². The fraction of sp³-hybridized carbons (Fsp3) is 0.273. The van der Waals surface area contributed by atoms with Crippen molar-refractivity contribution in [2.75, 3.05) is 5.32 Å². The largest absolute Gasteiger partial charge is 0.478 e. The maximum absolute atomic E-state index is 12.1. The first-order chi connectivity index (χ1) is 8.27. The Kier molecular flexibility index (Phi) is 3.95. The number of para-hydroxylation sites is 1. The molecule has 0 unspecified atom stereocenters. The second kappa shape index (κ2) is 5.07. The normalized spacial score (nSPS) is 11.1. The Hall–Kier alpha value is -2.05. The number of carboxylic acid groups (broad SMARTS) is 1. The number of aromatic carboxylic acids is 1. The van der Waals surface area contributed by atoms with E-state index >= 15 is 0 Å². The molecule has 1 amide bonds. The van der Waals surface area contributed by atoms with Gasteiger partial charge in [-0.3, -0.25) is 4.79 Å². The lowest BCUT2D eigenvalue weighted by Crippen LogP contribution is -2.31. The lowest BCUT2D eigenvalue weighted by molar-refractivity contribution is -0.167. The Labute approximate surface area is 100 Å². The number of amides is 1. The van der Waals surface area contributed by atoms with Crippen LogP contribution >= 0.6 is 0 Å². The van der Waals surface area contributed by atoms with Crippen molar-refractivity contribution in [3.63, 3.8) is 0 Å². The van der Waals surface area contributed by atoms with E-state index in [4.69, 9.17) is 5.11 Å². The van der Waals surface area contributed by atoms with E-state index in [0.717, 1.165) is 6.07 Å². The summed E-state index contributed by atoms with van der Waals surface area (Å²) in [6.07, 6.45) is -4.76. The summed E-state index contributed by atoms with van der Waals surface area (Å²) in [7, 11) is 0. The molecule has 0 aliphatic carbocycles. The highest BCUT2D eigenvalue weighted by Gasteiger charge is 2.39. The average molecular weight is 261 g/mol. The van der Waals surface area contributed by atoms with Crippen molar-refractivity contribution in [2.24, 2.45) is 0 Å². The zero-order valence-electron chi connectivity index (χ0n) is 9.34. The van der Waals surface area contributed by atoms with Gasteiger partial charge in [0.2, 0.25) is 0 Å². The van der Waals surface area contributed by atoms with Gasteiger partial charge in [0.15, 0.2) is 0 Å². The van der Waals surface area contributed by atoms with Crippen LogP contribution in [-0.2, 0) is 11.2 Å². The molecule has 0 fully saturated rings. The predicted octanol–water partition coefficient (Wildman–Crippen LogP) is 2.45. The standard InChI is InChI=1S/C11H10F3NO3/c1-2-6-4-3-5-7(9(16)17)8(6)15-10(18)11(12,13)14/h3-5H,2H2,1H3,(H,15,18)(H,16,17). The first kappa shape index (κ1) is 14.0. The highest BCUT2D eigenvalue weighted by atomic mass is 19.4. The lowest BCUT2D eigenvalue weighted by Gasteiger charge is -2.13. The third-order valence-corrected chi connectivity index (χ3v) is 2.26. The van der Waals surface area contributed by atoms with Crippen molar-refractivity contribution in [3.05, 3.63) is 29.3 Å². The van der Waals surface area contributed by atoms with Crippen molar-refractivity contribution < 1.29 is 27.9 Å². The van der Waals surface area contributed by atoms with Crippen LogP contribution in [0.5, 0.6) is 0 Å². The quantitative estimate of drug-likeness (QED) is 0.878. The Bertz CT molecular complexity index is 483. The van der Waals surface area contributed by atoms with E-state index in [9.17, 15) is 22.8 Å². The van der Waals surface area contributed by atoms with Crippen LogP contribution in [0.3, 0.4) is 0 Å². The third kappa shape index (κ3) is 2.99. The van der Waals surface area contributed by atoms with E-state index in [2.05, 4.69) is 0 Å². The third-order valence-electron chi connectivity index (χ3n) is 2.26. The minimum Gasteiger partial charge on any atom is -0.478 e. The van der Waals surface area contributed by atoms with Gasteiger partial charge in [0.25, 0.3) is 0 Å². The van der Waals surface area contributed by atoms with Gasteiger partial charge in [-0.15, -0.1) is 0 Å². The molecular weight excluding hydrogens is 251 g/mol. The number of aryl methyl sites for hydroxylation is 1. The summed E-state index contributed by atoms with van der Waals surface area (Å²) in [6.45, 7) is 1.64. The molecule has 2 N–H and O–H groups in total. The van der Waals surface area contributed by atoms with Gasteiger partial charge in [-0.05, 0) is 18.1 Å². The van der Waals surface area contributed by atoms with Crippen LogP contribution in [0.25, 0.3) is 0 Å². The number of nitrogens with one attached hydrogen (secondary N) is 1. The first-order valence-corrected chi connectivity index (χ1v) is 5.00. The van der Waals surface area contributed by atoms with Gasteiger partial charge in [-0.2, -0.15) is 13.2 Å². The lowest BCUT2D eigenvalue weighted by atomic mass is 10.0. The summed E-state index contributed by atoms with van der Waals surface area (Å²) in [5.41, 5.74) is -0.353. The van der Waals surface area contributed by atoms with E-state index in [0.29, 0.717) is 12.0 Å². The molecule has 0 aliphatic heterocycles. The second-order valence-electron chi connectivity index (χ2n) is 3.45. The number of carbonyl (C=O) groups is 2. The van der Waals surface area contributed by atoms with Crippen molar-refractivity contribution >= 4 is 17.6 Å². The molecule has 0 spiro atoms. The zero-order chi connectivity index (χ0) is 13.9. The van der Waals surface area contributed by atoms with Crippen LogP contribution in [0, 0.1) is 0 Å². The van der Waals surface area contributed by atoms with Crippen molar-refractivity contribution in [3.8, 4) is 0 Å². The molecule has 18 heavy (non-hydrogen) atoms. The van der Waals surface area contributed by atoms with Gasteiger partial charge in [-0.1, -0.05) is 19.1 Å². The van der Waals surface area contributed by atoms with Gasteiger partial charge < -0.3 is 10.4 Å². The smallest absolute Gasteiger partial charge is 0.471 e. The number of rotatable bonds is 3. The van der Waals surface area contributed by atoms with Gasteiger partial charge in [0.1, 0.15) is 0 Å². The topological polar surface area (TPSA) is 66.4 Å². The number of benzene rings is 1. The Morgan fingerprint density at radius 1 is 1.33 bits per heavy atom. The second-order valence-corrected chi connectivity index (χ2v) is 3.45. The number of alkyl halides is 3. The number of anilines is 1. The van der Waals surface area contributed by atoms with Crippen LogP contribution in [0.4, 0.5) is 18.9 Å². The molecule has 7 heteroatoms. The summed E-state index contributed by atoms with van der Waals surface area (Å²) in [6, 6.07) is 4.00. The molecule has 98 valence electrons. The fourth-order valence-electron chi connectivity index (χ4n) is 1.40. The van der Waals surface area contributed by atoms with Gasteiger partial charge in [0.05, 0.1) is 11.3 Å². The molecule has 4 nitrogen and oxygen atoms in total. The molecule has 1 rings (SSSR count). The van der Waals surface area contributed by atoms with Gasteiger partial charge in [0, 0.05) is 0 Å². The summed E-state index contributed by atoms with van der Waals surface area (Å²) >= 11 is 0. The molecular formula is C11H10F3NO3. The van der Waals surface area contributed by atoms with Crippen molar-refractivity contribution in [1.82, 2.24) is 0 Å². The van der Waals surface area contributed by atoms with E-state index in [1.807, 2.05) is 0 Å². The number of hydrogen-bond acceptors (Lipinski definition) is 2. The van der Waals surface area contributed by atoms with Crippen LogP contribution in [-0.4, -0.2) is 23.2 Å². The van der Waals surface area contributed by atoms with Gasteiger partial charge in [-0.25, -0.2) is 4.79 Å². The minimum atomic E-state index is -5.06. The summed E-state index contributed by atoms with van der Waals surface area (Å²) in [5.74, 6) is -3.59. The number of carbonyl (C=O) groups excluding carboxylic acids is 1. The van der Waals surface area contributed by atoms with E-state index in [1.165, 1.54) is 12.1 Å². The summed E-state index contributed by atoms with van der Waals surface area (Å²) < 4.78 is 36.4. The average Bonchev–Trinajstić information content (AvgIpc) is 2.27. The number of carboxylic acids is 1. The fourth-order valence-corrected chi connectivity index (χ4v) is 1.40. The Balaban J connectivity index is 3.21. The molecule has 0 heterocycles. The Morgan fingerprint density at radius 2 is 1.94 bits per heavy atom. The number of halogens is 3. The van der Waals surface area contributed by atoms with E-state index in [-0.39, 0.29) is 11.3 Å². The summed E-state index contributed by atoms with van der Waals surface area (Å²) in [5, 5.41) is 10.5. The Morgan fingerprint density at radius 3 is 2.39 bits per heavy atom. The maximum Gasteiger partial charge on any atom is 0.471 e. The van der Waals surface area contributed by atoms with E-state index < -0.39 is 18.1 Å². The highest BCUT2D eigenvalue weighted by Crippen LogP contribution is 2.25. The monoisotopic (exact) mass is 261 g/mol. The minimum absolute atomic E-state index is 0.300. The molecule has 0 bridgehead atoms. The SMILES string of the molecule is CCc1cccc(C(=O)O)c1NC(=O)C(F)(F)F. The van der Waals surface area contributed by atoms with Gasteiger partial charge >= 0.3 is 18.1 Å². The summed E-state index contributed by atoms with van der Waals surface area (Å²) in [4.78, 5) is 21.7. The molecule has 0 aromatic heterocycles. The molecule has 0 saturated carbocycles. The van der Waals surface area contributed by atoms with Crippen LogP contribution in [0.1, 0.15) is 22.8 Å². The molecule has 1 aromatic rings. The van der Waals surface area contributed by atoms with Crippen LogP contribution in [0.2, 0.25) is 0 Å². The van der Waals surface area contributed by atoms with E-state index in [1.54, 1.807) is 12.2 Å². The zero-order valence-corrected chi connectivity index (χ0v) is 9.34.